The maximum atomic E-state index is 14.3. The molecule has 3 aromatic carbocycles. The Labute approximate surface area is 387 Å². The van der Waals surface area contributed by atoms with Gasteiger partial charge in [0.05, 0.1) is 45.8 Å². The van der Waals surface area contributed by atoms with Gasteiger partial charge >= 0.3 is 5.69 Å². The number of sulfonamides is 1. The molecule has 0 bridgehead atoms. The molecule has 18 heteroatoms. The number of carbonyl (C=O) groups excluding carboxylic acids is 1. The highest BCUT2D eigenvalue weighted by Crippen LogP contribution is 2.43. The molecule has 1 amide bonds. The van der Waals surface area contributed by atoms with Gasteiger partial charge in [-0.2, -0.15) is 0 Å². The number of aromatic nitrogens is 4. The van der Waals surface area contributed by atoms with E-state index >= 15 is 0 Å². The first kappa shape index (κ1) is 44.0. The van der Waals surface area contributed by atoms with Gasteiger partial charge in [0, 0.05) is 80.4 Å². The molecule has 3 aliphatic heterocycles. The lowest BCUT2D eigenvalue weighted by Gasteiger charge is -2.41. The monoisotopic (exact) mass is 933 g/mol. The molecular weight excluding hydrogens is 882 g/mol. The molecule has 3 aromatic heterocycles. The molecule has 3 fully saturated rings. The number of likely N-dealkylation sites (tertiary alicyclic amines) is 1. The number of anilines is 1. The molecule has 10 rings (SSSR count). The molecule has 2 N–H and O–H groups in total. The van der Waals surface area contributed by atoms with Crippen molar-refractivity contribution in [1.29, 1.82) is 0 Å². The maximum Gasteiger partial charge on any atom is 0.312 e. The summed E-state index contributed by atoms with van der Waals surface area (Å²) in [6, 6.07) is 21.1. The number of piperazine rings is 1. The first-order valence-electron chi connectivity index (χ1n) is 22.5. The van der Waals surface area contributed by atoms with Crippen LogP contribution in [-0.2, 0) is 14.8 Å². The summed E-state index contributed by atoms with van der Waals surface area (Å²) in [5, 5.41) is 17.0. The number of allylic oxidation sites excluding steroid dienone is 1. The predicted molar refractivity (Wildman–Crippen MR) is 253 cm³/mol. The zero-order valence-corrected chi connectivity index (χ0v) is 38.5. The summed E-state index contributed by atoms with van der Waals surface area (Å²) in [4.78, 5) is 41.6. The number of carbonyl (C=O) groups is 1. The number of nitrogens with one attached hydrogen (secondary N) is 2. The zero-order chi connectivity index (χ0) is 45.7. The molecule has 66 heavy (non-hydrogen) atoms. The highest BCUT2D eigenvalue weighted by atomic mass is 35.5. The van der Waals surface area contributed by atoms with Gasteiger partial charge in [0.25, 0.3) is 15.9 Å². The molecule has 3 saturated heterocycles. The van der Waals surface area contributed by atoms with Gasteiger partial charge in [0.2, 0.25) is 0 Å². The average molecular weight is 935 g/mol. The Hall–Kier alpha value is -5.85. The summed E-state index contributed by atoms with van der Waals surface area (Å²) >= 11 is 6.26. The van der Waals surface area contributed by atoms with Crippen molar-refractivity contribution < 1.29 is 27.6 Å². The number of aromatic amines is 1. The number of hydrogen-bond donors (Lipinski definition) is 2. The first-order chi connectivity index (χ1) is 31.8. The third-order valence-electron chi connectivity index (χ3n) is 13.6. The Morgan fingerprint density at radius 3 is 2.50 bits per heavy atom. The molecule has 4 aliphatic rings. The van der Waals surface area contributed by atoms with Crippen LogP contribution in [0.3, 0.4) is 0 Å². The summed E-state index contributed by atoms with van der Waals surface area (Å²) in [6.07, 6.45) is 7.66. The minimum absolute atomic E-state index is 0.0232. The molecule has 6 aromatic rings. The number of piperidine rings is 1. The van der Waals surface area contributed by atoms with Gasteiger partial charge in [-0.05, 0) is 103 Å². The van der Waals surface area contributed by atoms with Crippen molar-refractivity contribution in [1.82, 2.24) is 34.3 Å². The number of nitro benzene ring substituents is 1. The summed E-state index contributed by atoms with van der Waals surface area (Å²) in [5.41, 5.74) is 6.99. The molecule has 0 atom stereocenters. The minimum Gasteiger partial charge on any atom is -0.483 e. The highest BCUT2D eigenvalue weighted by molar-refractivity contribution is 7.90. The van der Waals surface area contributed by atoms with Gasteiger partial charge in [0.15, 0.2) is 11.4 Å². The van der Waals surface area contributed by atoms with Crippen molar-refractivity contribution in [2.45, 2.75) is 63.0 Å². The van der Waals surface area contributed by atoms with Crippen LogP contribution in [0, 0.1) is 15.5 Å². The number of nitro groups is 1. The second kappa shape index (κ2) is 17.8. The van der Waals surface area contributed by atoms with E-state index in [1.54, 1.807) is 23.1 Å². The van der Waals surface area contributed by atoms with Crippen molar-refractivity contribution in [2.24, 2.45) is 5.41 Å². The molecule has 0 radical (unpaired) electrons. The van der Waals surface area contributed by atoms with Gasteiger partial charge in [-0.3, -0.25) is 34.5 Å². The standard InChI is InChI=1S/C48H52ClN9O7S/c1-48(2)15-11-33(40(26-48)31-3-5-34(49)6-4-31)28-54-19-21-56(22-20-54)35-7-9-39(42(24-35)57-43-23-32-12-16-50-46(32)52-41(43)27-51-57)47(59)53-66(62,63)38-8-10-45(44(25-38)58(60)61)65-37-13-17-55(18-14-37)36-29-64-30-36/h3-10,12,16,23-25,27,36-37,51H,11,13-15,17-22,26,28-30H2,1-2H3,(H,53,59). The van der Waals surface area contributed by atoms with Crippen molar-refractivity contribution in [3.63, 3.8) is 0 Å². The van der Waals surface area contributed by atoms with Crippen LogP contribution in [0.1, 0.15) is 61.9 Å². The lowest BCUT2D eigenvalue weighted by Crippen LogP contribution is -2.52. The van der Waals surface area contributed by atoms with E-state index in [-0.39, 0.29) is 22.8 Å². The van der Waals surface area contributed by atoms with E-state index in [1.165, 1.54) is 28.8 Å². The molecule has 16 nitrogen and oxygen atoms in total. The van der Waals surface area contributed by atoms with Gasteiger partial charge < -0.3 is 14.4 Å². The normalized spacial score (nSPS) is 19.0. The Kier molecular flexibility index (Phi) is 11.8. The molecule has 344 valence electrons. The van der Waals surface area contributed by atoms with Crippen molar-refractivity contribution >= 4 is 66.5 Å². The number of H-pyrrole nitrogens is 1. The summed E-state index contributed by atoms with van der Waals surface area (Å²) < 4.78 is 43.2. The van der Waals surface area contributed by atoms with Gasteiger partial charge in [0.1, 0.15) is 11.6 Å². The maximum absolute atomic E-state index is 14.3. The molecule has 0 unspecified atom stereocenters. The summed E-state index contributed by atoms with van der Waals surface area (Å²) in [5.74, 6) is -0.933. The van der Waals surface area contributed by atoms with Crippen LogP contribution in [0.25, 0.3) is 33.3 Å². The smallest absolute Gasteiger partial charge is 0.312 e. The Morgan fingerprint density at radius 2 is 1.77 bits per heavy atom. The minimum atomic E-state index is -4.60. The number of amides is 1. The van der Waals surface area contributed by atoms with Crippen molar-refractivity contribution in [3.05, 3.63) is 117 Å². The molecular formula is C48H52ClN9O7S. The number of hydrogen-bond acceptors (Lipinski definition) is 12. The first-order valence-corrected chi connectivity index (χ1v) is 24.4. The van der Waals surface area contributed by atoms with Crippen LogP contribution in [0.2, 0.25) is 5.02 Å². The van der Waals surface area contributed by atoms with E-state index in [2.05, 4.69) is 60.5 Å². The van der Waals surface area contributed by atoms with E-state index < -0.39 is 31.4 Å². The van der Waals surface area contributed by atoms with Crippen LogP contribution < -0.4 is 14.4 Å². The van der Waals surface area contributed by atoms with Crippen LogP contribution in [0.15, 0.2) is 95.7 Å². The van der Waals surface area contributed by atoms with Crippen LogP contribution in [0.5, 0.6) is 5.75 Å². The quantitative estimate of drug-likeness (QED) is 0.0907. The molecule has 1 aliphatic carbocycles. The van der Waals surface area contributed by atoms with Crippen LogP contribution in [0.4, 0.5) is 11.4 Å². The second-order valence-corrected chi connectivity index (χ2v) is 20.7. The fourth-order valence-corrected chi connectivity index (χ4v) is 10.8. The summed E-state index contributed by atoms with van der Waals surface area (Å²) in [6.45, 7) is 11.6. The third-order valence-corrected chi connectivity index (χ3v) is 15.2. The number of halogens is 1. The van der Waals surface area contributed by atoms with Gasteiger partial charge in [-0.25, -0.2) is 23.1 Å². The van der Waals surface area contributed by atoms with E-state index in [1.807, 2.05) is 36.4 Å². The summed E-state index contributed by atoms with van der Waals surface area (Å²) in [7, 11) is -4.60. The highest BCUT2D eigenvalue weighted by Gasteiger charge is 2.33. The number of fused-ring (bicyclic) bond motifs is 2. The Bertz CT molecular complexity index is 2970. The molecule has 6 heterocycles. The Balaban J connectivity index is 0.895. The fraction of sp³-hybridized carbons (Fsp3) is 0.396. The second-order valence-electron chi connectivity index (χ2n) is 18.6. The number of nitrogens with zero attached hydrogens (tertiary/aromatic N) is 7. The Morgan fingerprint density at radius 1 is 1.00 bits per heavy atom. The molecule has 0 saturated carbocycles. The lowest BCUT2D eigenvalue weighted by molar-refractivity contribution is -0.386. The lowest BCUT2D eigenvalue weighted by atomic mass is 9.72. The van der Waals surface area contributed by atoms with Crippen molar-refractivity contribution in [2.75, 3.05) is 63.9 Å². The third kappa shape index (κ3) is 9.01. The largest absolute Gasteiger partial charge is 0.483 e. The number of rotatable bonds is 12. The topological polar surface area (TPSA) is 181 Å². The van der Waals surface area contributed by atoms with Crippen molar-refractivity contribution in [3.8, 4) is 11.4 Å². The SMILES string of the molecule is CC1(C)CCC(CN2CCN(c3ccc(C(=O)NS(=O)(=O)c4ccc(OC5CCN(C6COC6)CC5)c([N+](=O)[O-])c4)c(-n4[nH]cc5nc6nccc6cc54)c3)CC2)=C(c2ccc(Cl)cc2)C1. The number of ether oxygens (including phenoxy) is 2. The van der Waals surface area contributed by atoms with E-state index in [9.17, 15) is 23.3 Å². The van der Waals surface area contributed by atoms with Crippen LogP contribution >= 0.6 is 11.6 Å². The molecule has 0 spiro atoms. The predicted octanol–water partition coefficient (Wildman–Crippen LogP) is 7.61. The van der Waals surface area contributed by atoms with Gasteiger partial charge in [-0.15, -0.1) is 0 Å². The fourth-order valence-electron chi connectivity index (χ4n) is 9.72. The van der Waals surface area contributed by atoms with E-state index in [0.717, 1.165) is 87.2 Å². The number of pyridine rings is 1. The average Bonchev–Trinajstić information content (AvgIpc) is 3.93. The number of benzene rings is 3. The van der Waals surface area contributed by atoms with E-state index in [0.29, 0.717) is 54.5 Å². The van der Waals surface area contributed by atoms with E-state index in [4.69, 9.17) is 21.1 Å². The van der Waals surface area contributed by atoms with Crippen LogP contribution in [-0.4, -0.2) is 120 Å². The van der Waals surface area contributed by atoms with Gasteiger partial charge in [-0.1, -0.05) is 43.2 Å². The zero-order valence-electron chi connectivity index (χ0n) is 36.9.